The quantitative estimate of drug-likeness (QED) is 0.128. The summed E-state index contributed by atoms with van der Waals surface area (Å²) in [5.74, 6) is 0. The summed E-state index contributed by atoms with van der Waals surface area (Å²) in [6, 6.07) is 107. The van der Waals surface area contributed by atoms with Crippen molar-refractivity contribution >= 4 is 183 Å². The van der Waals surface area contributed by atoms with Gasteiger partial charge < -0.3 is 32.2 Å². The third-order valence-corrected chi connectivity index (χ3v) is 30.8. The monoisotopic (exact) mass is 1900 g/mol. The SMILES string of the molecule is [2H]c1c(C(C)(C)C)c([2H])c2c3c([2H])c(C(C)(C)C)c([2H])c([2H])c3n(-c3ccc4c(c3)N(c3c(-c5ccccc5)cc(C(C)(C)C)cc3-c3ccc5c(c3)oc3ccccc35)c3c5c(c6c7cc(-c8ccccc8)ccc7n7c8ccc(-c9ccccc9)cc8c3c67)N(c3c(-c6ccccc6)cc(C(C)(C)C)cc3-c3ccc6c(c3)oc3ccccc36)c3cc(-n6c7c([2H])c([2H])c(C(C)(C)C)c([2H])c7c7c([2H])c(C(C)(C)C)c([2H])c([2H])c76)ccc3B45)c2c1[2H]. The van der Waals surface area contributed by atoms with E-state index in [1.807, 2.05) is 141 Å². The van der Waals surface area contributed by atoms with Crippen molar-refractivity contribution in [2.75, 3.05) is 9.80 Å². The summed E-state index contributed by atoms with van der Waals surface area (Å²) in [7, 11) is 0. The van der Waals surface area contributed by atoms with E-state index in [4.69, 9.17) is 8.83 Å². The van der Waals surface area contributed by atoms with Gasteiger partial charge in [-0.2, -0.15) is 0 Å². The molecule has 0 unspecified atom stereocenters. The van der Waals surface area contributed by atoms with Crippen molar-refractivity contribution in [1.82, 2.24) is 13.5 Å². The van der Waals surface area contributed by atoms with E-state index in [0.29, 0.717) is 56.2 Å². The lowest BCUT2D eigenvalue weighted by molar-refractivity contribution is 0.590. The largest absolute Gasteiger partial charge is 0.456 e. The van der Waals surface area contributed by atoms with Crippen LogP contribution in [-0.2, 0) is 32.5 Å². The number of furan rings is 2. The van der Waals surface area contributed by atoms with E-state index in [-0.39, 0.29) is 116 Å². The van der Waals surface area contributed by atoms with Crippen molar-refractivity contribution in [3.05, 3.63) is 409 Å². The standard InChI is InChI=1S/C138H116BN5O2/c1-133(2,3)89-51-63-113-105(71-89)106-72-90(134(4,5)6)52-64-114(106)140(113)95-55-59-111-119(79-95)143(128-101(83-39-27-21-28-40-83)75-93(137(13,14)15)77-103(128)87-47-57-99-97-43-31-33-45-121(97)145-123(99)69-87)131-125-109-67-85(81-35-23-19-24-36-81)49-61-117(109)142-118-62-50-86(82-37-25-20-26-38-82)68-110(118)126(130(125)142)132-127(131)139(111)112-60-56-96(141-115-65-53-91(135(7,8)9)73-107(115)108-74-92(136(10,11)12)54-66-116(108)141)80-120(112)144(132)129-102(84-41-29-22-30-42-84)76-94(138(16,17)18)78-104(129)88-48-58-100-98-44-32-34-46-122(98)146-124(100)70-88/h19-80H,1-18H3/i51D,52D,53D,54D,63D,64D,65D,66D,71D,72D,73D,74D. The Morgan fingerprint density at radius 2 is 0.541 bits per heavy atom. The number of rotatable bonds is 10. The van der Waals surface area contributed by atoms with Crippen LogP contribution in [0, 0.1) is 0 Å². The Bertz CT molecular complexity index is 9840. The van der Waals surface area contributed by atoms with Gasteiger partial charge in [-0.1, -0.05) is 343 Å². The zero-order valence-corrected chi connectivity index (χ0v) is 85.5. The molecule has 6 aromatic heterocycles. The highest BCUT2D eigenvalue weighted by Gasteiger charge is 2.50. The van der Waals surface area contributed by atoms with Gasteiger partial charge >= 0.3 is 0 Å². The zero-order chi connectivity index (χ0) is 110. The van der Waals surface area contributed by atoms with Gasteiger partial charge in [-0.15, -0.1) is 0 Å². The van der Waals surface area contributed by atoms with Gasteiger partial charge in [-0.05, 0) is 284 Å². The minimum absolute atomic E-state index is 0.0405. The van der Waals surface area contributed by atoms with Crippen LogP contribution in [0.1, 0.15) is 174 Å². The molecule has 0 fully saturated rings. The first kappa shape index (κ1) is 76.5. The molecule has 19 aromatic carbocycles. The van der Waals surface area contributed by atoms with Gasteiger partial charge in [0.1, 0.15) is 22.3 Å². The van der Waals surface area contributed by atoms with E-state index in [2.05, 4.69) is 311 Å². The van der Waals surface area contributed by atoms with Gasteiger partial charge in [-0.25, -0.2) is 0 Å². The number of hydrogen-bond donors (Lipinski definition) is 0. The van der Waals surface area contributed by atoms with Crippen LogP contribution in [0.2, 0.25) is 0 Å². The first-order valence-corrected chi connectivity index (χ1v) is 51.1. The molecule has 0 radical (unpaired) electrons. The molecular weight excluding hydrogens is 1770 g/mol. The number of aromatic nitrogens is 3. The number of hydrogen-bond acceptors (Lipinski definition) is 4. The van der Waals surface area contributed by atoms with Crippen LogP contribution in [0.25, 0.3) is 204 Å². The highest BCUT2D eigenvalue weighted by atomic mass is 16.3. The Morgan fingerprint density at radius 1 is 0.233 bits per heavy atom. The fourth-order valence-corrected chi connectivity index (χ4v) is 23.2. The van der Waals surface area contributed by atoms with Gasteiger partial charge in [0, 0.05) is 110 Å². The maximum atomic E-state index is 10.9. The number of anilines is 6. The van der Waals surface area contributed by atoms with Crippen molar-refractivity contribution in [3.8, 4) is 78.1 Å². The molecule has 2 aliphatic heterocycles. The van der Waals surface area contributed by atoms with E-state index in [9.17, 15) is 16.4 Å². The third kappa shape index (κ3) is 13.7. The summed E-state index contributed by atoms with van der Waals surface area (Å²) in [6.45, 7) is 36.0. The first-order valence-electron chi connectivity index (χ1n) is 57.1. The van der Waals surface area contributed by atoms with Crippen LogP contribution in [-0.4, -0.2) is 20.2 Å². The molecule has 0 saturated heterocycles. The molecule has 7 nitrogen and oxygen atoms in total. The molecule has 0 saturated carbocycles. The van der Waals surface area contributed by atoms with Gasteiger partial charge in [0.2, 0.25) is 0 Å². The molecule has 0 amide bonds. The van der Waals surface area contributed by atoms with Crippen LogP contribution in [0.5, 0.6) is 0 Å². The summed E-state index contributed by atoms with van der Waals surface area (Å²) < 4.78 is 149. The van der Waals surface area contributed by atoms with Gasteiger partial charge in [0.25, 0.3) is 6.71 Å². The summed E-state index contributed by atoms with van der Waals surface area (Å²) in [6.07, 6.45) is 0. The normalized spacial score (nSPS) is 14.5. The molecule has 0 bridgehead atoms. The van der Waals surface area contributed by atoms with E-state index in [1.54, 1.807) is 0 Å². The lowest BCUT2D eigenvalue weighted by Crippen LogP contribution is -2.61. The molecule has 708 valence electrons. The maximum absolute atomic E-state index is 10.9. The lowest BCUT2D eigenvalue weighted by atomic mass is 9.33. The Balaban J connectivity index is 0.928. The van der Waals surface area contributed by atoms with Crippen LogP contribution in [0.4, 0.5) is 34.1 Å². The highest BCUT2D eigenvalue weighted by Crippen LogP contribution is 2.62. The van der Waals surface area contributed by atoms with Gasteiger partial charge in [0.05, 0.1) is 77.8 Å². The van der Waals surface area contributed by atoms with Crippen LogP contribution in [0.3, 0.4) is 0 Å². The van der Waals surface area contributed by atoms with E-state index in [1.165, 1.54) is 0 Å². The minimum atomic E-state index is -0.911. The second-order valence-electron chi connectivity index (χ2n) is 46.6. The number of para-hydroxylation sites is 2. The van der Waals surface area contributed by atoms with Crippen LogP contribution >= 0.6 is 0 Å². The first-order chi connectivity index (χ1) is 75.3. The van der Waals surface area contributed by atoms with E-state index < -0.39 is 39.2 Å². The molecule has 146 heavy (non-hydrogen) atoms. The number of fused-ring (bicyclic) bond motifs is 24. The average molecular weight is 1900 g/mol. The van der Waals surface area contributed by atoms with Crippen molar-refractivity contribution in [2.24, 2.45) is 0 Å². The molecule has 8 heterocycles. The zero-order valence-electron chi connectivity index (χ0n) is 97.5. The molecule has 8 heteroatoms. The average Bonchev–Trinajstić information content (AvgIpc) is 1.45. The Labute approximate surface area is 870 Å². The molecule has 0 spiro atoms. The van der Waals surface area contributed by atoms with Crippen molar-refractivity contribution in [1.29, 1.82) is 0 Å². The third-order valence-electron chi connectivity index (χ3n) is 30.8. The summed E-state index contributed by atoms with van der Waals surface area (Å²) in [5, 5.41) is 8.35. The van der Waals surface area contributed by atoms with E-state index in [0.717, 1.165) is 188 Å². The lowest BCUT2D eigenvalue weighted by Gasteiger charge is -2.46. The predicted octanol–water partition coefficient (Wildman–Crippen LogP) is 36.7. The topological polar surface area (TPSA) is 47.0 Å². The maximum Gasteiger partial charge on any atom is 0.252 e. The van der Waals surface area contributed by atoms with E-state index >= 15 is 0 Å². The predicted molar refractivity (Wildman–Crippen MR) is 623 cm³/mol. The van der Waals surface area contributed by atoms with Crippen molar-refractivity contribution in [3.63, 3.8) is 0 Å². The summed E-state index contributed by atoms with van der Waals surface area (Å²) >= 11 is 0. The second-order valence-corrected chi connectivity index (χ2v) is 46.6. The fourth-order valence-electron chi connectivity index (χ4n) is 23.2. The summed E-state index contributed by atoms with van der Waals surface area (Å²) in [5.41, 5.74) is 23.2. The Morgan fingerprint density at radius 3 is 0.884 bits per heavy atom. The van der Waals surface area contributed by atoms with Crippen molar-refractivity contribution in [2.45, 2.75) is 157 Å². The molecule has 25 aromatic rings. The fraction of sp³-hybridized carbons (Fsp3) is 0.174. The molecule has 0 atom stereocenters. The number of nitrogens with zero attached hydrogens (tertiary/aromatic N) is 5. The summed E-state index contributed by atoms with van der Waals surface area (Å²) in [4.78, 5) is 5.09. The van der Waals surface area contributed by atoms with Crippen molar-refractivity contribution < 1.29 is 25.3 Å². The second kappa shape index (κ2) is 31.7. The van der Waals surface area contributed by atoms with Gasteiger partial charge in [0.15, 0.2) is 0 Å². The Hall–Kier alpha value is -16.2. The van der Waals surface area contributed by atoms with Crippen LogP contribution in [0.15, 0.2) is 385 Å². The molecule has 2 aliphatic rings. The molecule has 0 aliphatic carbocycles. The molecular formula is C138H116BN5O2. The molecule has 0 N–H and O–H groups in total. The highest BCUT2D eigenvalue weighted by molar-refractivity contribution is 7.01. The Kier molecular flexibility index (Phi) is 16.6. The van der Waals surface area contributed by atoms with Crippen LogP contribution < -0.4 is 26.2 Å². The smallest absolute Gasteiger partial charge is 0.252 e. The molecule has 27 rings (SSSR count). The number of benzene rings is 19. The van der Waals surface area contributed by atoms with Gasteiger partial charge in [-0.3, -0.25) is 0 Å². The minimum Gasteiger partial charge on any atom is -0.456 e.